The number of aliphatic imine (C=N–C) groups is 2. The number of nitrogens with zero attached hydrogens (tertiary/aromatic N) is 4. The number of rotatable bonds is 3. The summed E-state index contributed by atoms with van der Waals surface area (Å²) in [5.74, 6) is 0.422. The summed E-state index contributed by atoms with van der Waals surface area (Å²) in [6.45, 7) is 4.85. The number of cyclic esters (lactones) is 1. The first-order valence-electron chi connectivity index (χ1n) is 11.0. The number of nitrogens with two attached hydrogens (primary N) is 1. The molecule has 0 atom stereocenters. The molecule has 0 amide bonds. The maximum absolute atomic E-state index is 12.5. The number of para-hydroxylation sites is 1. The lowest BCUT2D eigenvalue weighted by atomic mass is 10.0. The highest BCUT2D eigenvalue weighted by molar-refractivity contribution is 6.16. The molecule has 0 spiro atoms. The molecule has 1 fully saturated rings. The molecule has 0 aromatic heterocycles. The molecule has 2 N–H and O–H groups in total. The average Bonchev–Trinajstić information content (AvgIpc) is 3.20. The Hall–Kier alpha value is -4.13. The van der Waals surface area contributed by atoms with Gasteiger partial charge in [-0.2, -0.15) is 0 Å². The van der Waals surface area contributed by atoms with Gasteiger partial charge in [0.05, 0.1) is 5.69 Å². The van der Waals surface area contributed by atoms with Crippen LogP contribution in [0.2, 0.25) is 0 Å². The Bertz CT molecular complexity index is 1300. The van der Waals surface area contributed by atoms with Gasteiger partial charge in [-0.15, -0.1) is 0 Å². The van der Waals surface area contributed by atoms with Crippen molar-refractivity contribution in [3.8, 4) is 0 Å². The van der Waals surface area contributed by atoms with Crippen LogP contribution >= 0.6 is 0 Å². The van der Waals surface area contributed by atoms with Crippen LogP contribution in [0.25, 0.3) is 10.8 Å². The summed E-state index contributed by atoms with van der Waals surface area (Å²) in [7, 11) is 0. The molecule has 0 bridgehead atoms. The highest BCUT2D eigenvalue weighted by atomic mass is 16.6. The lowest BCUT2D eigenvalue weighted by Crippen LogP contribution is -2.49. The smallest absolute Gasteiger partial charge is 0.365 e. The zero-order chi connectivity index (χ0) is 22.8. The standard InChI is InChI=1S/C26H25N5O2/c1-18-7-2-5-12-22(18)29-26(27)31-15-13-30(14-16-31)17-23-25(32)33-24(28-23)21-11-6-9-19-8-3-4-10-20(19)21/h2-12,17H,13-16H2,1H3,(H2,27,29). The molecule has 3 aromatic carbocycles. The van der Waals surface area contributed by atoms with Crippen molar-refractivity contribution in [1.29, 1.82) is 0 Å². The minimum absolute atomic E-state index is 0.313. The van der Waals surface area contributed by atoms with E-state index in [1.165, 1.54) is 0 Å². The number of carbonyl (C=O) groups excluding carboxylic acids is 1. The van der Waals surface area contributed by atoms with Gasteiger partial charge in [0.1, 0.15) is 0 Å². The number of ether oxygens (including phenoxy) is 1. The second-order valence-corrected chi connectivity index (χ2v) is 8.13. The van der Waals surface area contributed by atoms with Gasteiger partial charge in [-0.25, -0.2) is 14.8 Å². The van der Waals surface area contributed by atoms with Crippen LogP contribution in [0.1, 0.15) is 11.1 Å². The van der Waals surface area contributed by atoms with Crippen LogP contribution < -0.4 is 5.73 Å². The number of carbonyl (C=O) groups is 1. The summed E-state index contributed by atoms with van der Waals surface area (Å²) in [6, 6.07) is 21.8. The minimum Gasteiger partial charge on any atom is -0.402 e. The van der Waals surface area contributed by atoms with E-state index < -0.39 is 5.97 Å². The van der Waals surface area contributed by atoms with Crippen LogP contribution in [0.15, 0.2) is 88.6 Å². The number of piperazine rings is 1. The lowest BCUT2D eigenvalue weighted by molar-refractivity contribution is -0.130. The fourth-order valence-corrected chi connectivity index (χ4v) is 4.06. The second-order valence-electron chi connectivity index (χ2n) is 8.13. The molecule has 33 heavy (non-hydrogen) atoms. The van der Waals surface area contributed by atoms with Crippen molar-refractivity contribution in [3.63, 3.8) is 0 Å². The monoisotopic (exact) mass is 439 g/mol. The van der Waals surface area contributed by atoms with Crippen molar-refractivity contribution in [2.45, 2.75) is 6.92 Å². The number of fused-ring (bicyclic) bond motifs is 1. The van der Waals surface area contributed by atoms with E-state index in [0.29, 0.717) is 43.7 Å². The van der Waals surface area contributed by atoms with Crippen molar-refractivity contribution < 1.29 is 9.53 Å². The van der Waals surface area contributed by atoms with Crippen molar-refractivity contribution in [2.75, 3.05) is 26.2 Å². The van der Waals surface area contributed by atoms with Gasteiger partial charge in [0.15, 0.2) is 11.7 Å². The molecule has 5 rings (SSSR count). The van der Waals surface area contributed by atoms with Crippen LogP contribution in [0.4, 0.5) is 5.69 Å². The van der Waals surface area contributed by atoms with Crippen LogP contribution in [-0.4, -0.2) is 53.8 Å². The molecule has 0 radical (unpaired) electrons. The first kappa shape index (κ1) is 20.8. The molecule has 0 saturated carbocycles. The highest BCUT2D eigenvalue weighted by Crippen LogP contribution is 2.24. The summed E-state index contributed by atoms with van der Waals surface area (Å²) in [6.07, 6.45) is 1.78. The molecule has 0 aliphatic carbocycles. The van der Waals surface area contributed by atoms with E-state index in [2.05, 4.69) is 19.8 Å². The quantitative estimate of drug-likeness (QED) is 0.292. The number of guanidine groups is 1. The second kappa shape index (κ2) is 8.78. The van der Waals surface area contributed by atoms with Gasteiger partial charge < -0.3 is 20.3 Å². The zero-order valence-corrected chi connectivity index (χ0v) is 18.4. The number of aryl methyl sites for hydroxylation is 1. The van der Waals surface area contributed by atoms with Crippen molar-refractivity contribution in [3.05, 3.63) is 89.8 Å². The third-order valence-electron chi connectivity index (χ3n) is 5.93. The molecule has 0 unspecified atom stereocenters. The van der Waals surface area contributed by atoms with E-state index in [9.17, 15) is 4.79 Å². The Morgan fingerprint density at radius 3 is 2.55 bits per heavy atom. The van der Waals surface area contributed by atoms with Gasteiger partial charge in [0.25, 0.3) is 0 Å². The van der Waals surface area contributed by atoms with Crippen LogP contribution in [0.3, 0.4) is 0 Å². The molecule has 1 saturated heterocycles. The van der Waals surface area contributed by atoms with Gasteiger partial charge in [0.2, 0.25) is 5.90 Å². The van der Waals surface area contributed by atoms with Crippen molar-refractivity contribution in [2.24, 2.45) is 15.7 Å². The molecule has 7 heteroatoms. The largest absolute Gasteiger partial charge is 0.402 e. The topological polar surface area (TPSA) is 83.5 Å². The van der Waals surface area contributed by atoms with Crippen LogP contribution in [0, 0.1) is 6.92 Å². The Kier molecular flexibility index (Phi) is 5.52. The molecule has 3 aromatic rings. The van der Waals surface area contributed by atoms with Gasteiger partial charge in [0, 0.05) is 37.9 Å². The maximum Gasteiger partial charge on any atom is 0.365 e. The summed E-state index contributed by atoms with van der Waals surface area (Å²) in [4.78, 5) is 25.7. The predicted octanol–water partition coefficient (Wildman–Crippen LogP) is 3.56. The van der Waals surface area contributed by atoms with Crippen molar-refractivity contribution >= 4 is 34.3 Å². The number of benzene rings is 3. The fraction of sp³-hybridized carbons (Fsp3) is 0.192. The Morgan fingerprint density at radius 2 is 1.73 bits per heavy atom. The van der Waals surface area contributed by atoms with Gasteiger partial charge in [-0.05, 0) is 35.4 Å². The fourth-order valence-electron chi connectivity index (χ4n) is 4.06. The zero-order valence-electron chi connectivity index (χ0n) is 18.4. The van der Waals surface area contributed by atoms with Gasteiger partial charge in [-0.1, -0.05) is 54.6 Å². The predicted molar refractivity (Wildman–Crippen MR) is 130 cm³/mol. The Morgan fingerprint density at radius 1 is 1.00 bits per heavy atom. The van der Waals surface area contributed by atoms with E-state index in [4.69, 9.17) is 10.5 Å². The SMILES string of the molecule is Cc1ccccc1N=C(N)N1CCN(C=C2N=C(c3cccc4ccccc34)OC2=O)CC1. The minimum atomic E-state index is -0.430. The lowest BCUT2D eigenvalue weighted by Gasteiger charge is -2.34. The van der Waals surface area contributed by atoms with Gasteiger partial charge in [-0.3, -0.25) is 0 Å². The van der Waals surface area contributed by atoms with Crippen LogP contribution in [0.5, 0.6) is 0 Å². The summed E-state index contributed by atoms with van der Waals surface area (Å²) < 4.78 is 5.51. The Labute approximate surface area is 192 Å². The summed E-state index contributed by atoms with van der Waals surface area (Å²) in [5, 5.41) is 2.08. The normalized spacial score (nSPS) is 18.1. The molecule has 2 aliphatic rings. The molecule has 166 valence electrons. The number of hydrogen-bond acceptors (Lipinski definition) is 5. The van der Waals surface area contributed by atoms with E-state index >= 15 is 0 Å². The number of esters is 1. The van der Waals surface area contributed by atoms with E-state index in [0.717, 1.165) is 27.6 Å². The summed E-state index contributed by atoms with van der Waals surface area (Å²) in [5.41, 5.74) is 9.35. The Balaban J connectivity index is 1.29. The molecule has 2 heterocycles. The third kappa shape index (κ3) is 4.30. The molecule has 2 aliphatic heterocycles. The van der Waals surface area contributed by atoms with E-state index in [1.807, 2.05) is 73.7 Å². The maximum atomic E-state index is 12.5. The number of hydrogen-bond donors (Lipinski definition) is 1. The molecular weight excluding hydrogens is 414 g/mol. The summed E-state index contributed by atoms with van der Waals surface area (Å²) >= 11 is 0. The van der Waals surface area contributed by atoms with Crippen LogP contribution in [-0.2, 0) is 9.53 Å². The molecular formula is C26H25N5O2. The average molecular weight is 440 g/mol. The highest BCUT2D eigenvalue weighted by Gasteiger charge is 2.27. The third-order valence-corrected chi connectivity index (χ3v) is 5.93. The van der Waals surface area contributed by atoms with Crippen molar-refractivity contribution in [1.82, 2.24) is 9.80 Å². The molecule has 7 nitrogen and oxygen atoms in total. The van der Waals surface area contributed by atoms with Gasteiger partial charge >= 0.3 is 5.97 Å². The van der Waals surface area contributed by atoms with E-state index in [1.54, 1.807) is 6.20 Å². The first-order valence-corrected chi connectivity index (χ1v) is 11.0. The van der Waals surface area contributed by atoms with E-state index in [-0.39, 0.29) is 0 Å². The first-order chi connectivity index (χ1) is 16.1.